The molecule has 1 unspecified atom stereocenters. The van der Waals surface area contributed by atoms with E-state index in [9.17, 15) is 0 Å². The molecule has 0 aliphatic heterocycles. The normalized spacial score (nSPS) is 12.9. The Labute approximate surface area is 96.4 Å². The molecule has 2 heterocycles. The topological polar surface area (TPSA) is 87.1 Å². The van der Waals surface area contributed by atoms with Crippen LogP contribution in [0.25, 0.3) is 10.8 Å². The zero-order chi connectivity index (χ0) is 11.7. The van der Waals surface area contributed by atoms with Crippen LogP contribution in [0.4, 0.5) is 5.13 Å². The van der Waals surface area contributed by atoms with Gasteiger partial charge in [0.05, 0.1) is 5.69 Å². The monoisotopic (exact) mass is 240 g/mol. The highest BCUT2D eigenvalue weighted by Crippen LogP contribution is 2.30. The van der Waals surface area contributed by atoms with Crippen LogP contribution in [0.3, 0.4) is 0 Å². The van der Waals surface area contributed by atoms with Crippen molar-refractivity contribution in [3.8, 4) is 10.8 Å². The van der Waals surface area contributed by atoms with Crippen molar-refractivity contribution in [1.29, 1.82) is 0 Å². The fourth-order valence-electron chi connectivity index (χ4n) is 1.21. The van der Waals surface area contributed by atoms with Crippen molar-refractivity contribution < 1.29 is 9.26 Å². The number of nitrogens with two attached hydrogens (primary N) is 1. The van der Waals surface area contributed by atoms with Crippen molar-refractivity contribution in [3.05, 3.63) is 11.5 Å². The number of aryl methyl sites for hydroxylation is 1. The van der Waals surface area contributed by atoms with E-state index in [1.165, 1.54) is 11.3 Å². The number of hydrogen-bond acceptors (Lipinski definition) is 7. The van der Waals surface area contributed by atoms with Crippen molar-refractivity contribution in [2.24, 2.45) is 0 Å². The molecule has 0 fully saturated rings. The van der Waals surface area contributed by atoms with Crippen LogP contribution in [0.5, 0.6) is 0 Å². The van der Waals surface area contributed by atoms with Gasteiger partial charge in [0, 0.05) is 7.11 Å². The first-order valence-corrected chi connectivity index (χ1v) is 5.53. The molecule has 86 valence electrons. The first kappa shape index (κ1) is 11.0. The van der Waals surface area contributed by atoms with Crippen LogP contribution in [0, 0.1) is 6.92 Å². The van der Waals surface area contributed by atoms with E-state index >= 15 is 0 Å². The summed E-state index contributed by atoms with van der Waals surface area (Å²) in [7, 11) is 1.59. The van der Waals surface area contributed by atoms with E-state index < -0.39 is 0 Å². The largest absolute Gasteiger partial charge is 0.375 e. The summed E-state index contributed by atoms with van der Waals surface area (Å²) in [6.45, 7) is 3.70. The standard InChI is InChI=1S/C9H12N4O2S/c1-4-6(16-9(10)11-4)8-12-7(13-15-8)5(2)14-3/h5H,1-3H3,(H2,10,11). The molecule has 0 saturated heterocycles. The highest BCUT2D eigenvalue weighted by atomic mass is 32.1. The van der Waals surface area contributed by atoms with Gasteiger partial charge in [0.25, 0.3) is 5.89 Å². The minimum Gasteiger partial charge on any atom is -0.375 e. The third-order valence-corrected chi connectivity index (χ3v) is 3.14. The lowest BCUT2D eigenvalue weighted by Gasteiger charge is -2.00. The van der Waals surface area contributed by atoms with Crippen LogP contribution in [-0.4, -0.2) is 22.2 Å². The van der Waals surface area contributed by atoms with Gasteiger partial charge in [0.2, 0.25) is 5.82 Å². The third kappa shape index (κ3) is 1.91. The highest BCUT2D eigenvalue weighted by Gasteiger charge is 2.18. The zero-order valence-corrected chi connectivity index (χ0v) is 10.0. The van der Waals surface area contributed by atoms with E-state index in [2.05, 4.69) is 15.1 Å². The molecule has 0 aliphatic carbocycles. The zero-order valence-electron chi connectivity index (χ0n) is 9.22. The molecule has 0 amide bonds. The summed E-state index contributed by atoms with van der Waals surface area (Å²) in [5, 5.41) is 4.33. The van der Waals surface area contributed by atoms with Crippen molar-refractivity contribution in [1.82, 2.24) is 15.1 Å². The molecule has 0 radical (unpaired) electrons. The van der Waals surface area contributed by atoms with Crippen LogP contribution >= 0.6 is 11.3 Å². The fourth-order valence-corrected chi connectivity index (χ4v) is 1.97. The number of anilines is 1. The number of thiazole rings is 1. The predicted octanol–water partition coefficient (Wildman–Crippen LogP) is 1.79. The molecule has 2 aromatic heterocycles. The van der Waals surface area contributed by atoms with Crippen molar-refractivity contribution in [2.45, 2.75) is 20.0 Å². The average Bonchev–Trinajstić information content (AvgIpc) is 2.83. The van der Waals surface area contributed by atoms with Crippen LogP contribution < -0.4 is 5.73 Å². The van der Waals surface area contributed by atoms with Crippen LogP contribution in [0.15, 0.2) is 4.52 Å². The lowest BCUT2D eigenvalue weighted by Crippen LogP contribution is -1.97. The van der Waals surface area contributed by atoms with Crippen LogP contribution in [0.2, 0.25) is 0 Å². The molecule has 16 heavy (non-hydrogen) atoms. The van der Waals surface area contributed by atoms with Crippen molar-refractivity contribution >= 4 is 16.5 Å². The van der Waals surface area contributed by atoms with E-state index in [-0.39, 0.29) is 6.10 Å². The minimum atomic E-state index is -0.192. The van der Waals surface area contributed by atoms with Gasteiger partial charge in [-0.25, -0.2) is 4.98 Å². The van der Waals surface area contributed by atoms with Gasteiger partial charge in [-0.05, 0) is 13.8 Å². The number of aromatic nitrogens is 3. The first-order valence-electron chi connectivity index (χ1n) is 4.71. The second-order valence-corrected chi connectivity index (χ2v) is 4.33. The maximum atomic E-state index is 5.60. The number of ether oxygens (including phenoxy) is 1. The number of methoxy groups -OCH3 is 1. The first-order chi connectivity index (χ1) is 7.61. The van der Waals surface area contributed by atoms with Gasteiger partial charge in [-0.15, -0.1) is 0 Å². The van der Waals surface area contributed by atoms with Gasteiger partial charge in [0.15, 0.2) is 5.13 Å². The summed E-state index contributed by atoms with van der Waals surface area (Å²) in [5.74, 6) is 0.953. The number of nitrogens with zero attached hydrogens (tertiary/aromatic N) is 3. The number of nitrogen functional groups attached to an aromatic ring is 1. The van der Waals surface area contributed by atoms with Crippen LogP contribution in [-0.2, 0) is 4.74 Å². The van der Waals surface area contributed by atoms with Gasteiger partial charge in [-0.3, -0.25) is 0 Å². The SMILES string of the molecule is COC(C)c1noc(-c2sc(N)nc2C)n1. The van der Waals surface area contributed by atoms with E-state index in [4.69, 9.17) is 15.0 Å². The Morgan fingerprint density at radius 2 is 2.19 bits per heavy atom. The molecule has 0 aromatic carbocycles. The molecule has 0 saturated carbocycles. The van der Waals surface area contributed by atoms with E-state index in [1.54, 1.807) is 7.11 Å². The van der Waals surface area contributed by atoms with E-state index in [1.807, 2.05) is 13.8 Å². The molecule has 0 aliphatic rings. The smallest absolute Gasteiger partial charge is 0.270 e. The number of rotatable bonds is 3. The van der Waals surface area contributed by atoms with Gasteiger partial charge in [-0.2, -0.15) is 4.98 Å². The Hall–Kier alpha value is -1.47. The Morgan fingerprint density at radius 3 is 2.75 bits per heavy atom. The molecule has 6 nitrogen and oxygen atoms in total. The van der Waals surface area contributed by atoms with Gasteiger partial charge in [-0.1, -0.05) is 16.5 Å². The summed E-state index contributed by atoms with van der Waals surface area (Å²) in [5.41, 5.74) is 6.40. The summed E-state index contributed by atoms with van der Waals surface area (Å²) in [6.07, 6.45) is -0.192. The lowest BCUT2D eigenvalue weighted by molar-refractivity contribution is 0.109. The second-order valence-electron chi connectivity index (χ2n) is 3.30. The maximum Gasteiger partial charge on any atom is 0.270 e. The Bertz CT molecular complexity index is 493. The molecule has 0 bridgehead atoms. The Balaban J connectivity index is 2.35. The summed E-state index contributed by atoms with van der Waals surface area (Å²) < 4.78 is 10.2. The molecular weight excluding hydrogens is 228 g/mol. The van der Waals surface area contributed by atoms with Crippen molar-refractivity contribution in [2.75, 3.05) is 12.8 Å². The number of hydrogen-bond donors (Lipinski definition) is 1. The van der Waals surface area contributed by atoms with E-state index in [0.29, 0.717) is 16.8 Å². The Kier molecular flexibility index (Phi) is 2.88. The third-order valence-electron chi connectivity index (χ3n) is 2.17. The van der Waals surface area contributed by atoms with Gasteiger partial charge < -0.3 is 15.0 Å². The molecule has 0 spiro atoms. The average molecular weight is 240 g/mol. The molecule has 7 heteroatoms. The predicted molar refractivity (Wildman–Crippen MR) is 60.0 cm³/mol. The van der Waals surface area contributed by atoms with Gasteiger partial charge >= 0.3 is 0 Å². The maximum absolute atomic E-state index is 5.60. The fraction of sp³-hybridized carbons (Fsp3) is 0.444. The summed E-state index contributed by atoms with van der Waals surface area (Å²) >= 11 is 1.33. The molecule has 2 rings (SSSR count). The highest BCUT2D eigenvalue weighted by molar-refractivity contribution is 7.18. The molecule has 2 N–H and O–H groups in total. The molecule has 2 aromatic rings. The summed E-state index contributed by atoms with van der Waals surface area (Å²) in [4.78, 5) is 9.14. The van der Waals surface area contributed by atoms with E-state index in [0.717, 1.165) is 10.6 Å². The second kappa shape index (κ2) is 4.18. The summed E-state index contributed by atoms with van der Waals surface area (Å²) in [6, 6.07) is 0. The quantitative estimate of drug-likeness (QED) is 0.880. The minimum absolute atomic E-state index is 0.192. The van der Waals surface area contributed by atoms with Crippen LogP contribution in [0.1, 0.15) is 24.5 Å². The molecule has 1 atom stereocenters. The molecular formula is C9H12N4O2S. The van der Waals surface area contributed by atoms with Gasteiger partial charge in [0.1, 0.15) is 11.0 Å². The Morgan fingerprint density at radius 1 is 1.44 bits per heavy atom. The lowest BCUT2D eigenvalue weighted by atomic mass is 10.4. The van der Waals surface area contributed by atoms with Crippen molar-refractivity contribution in [3.63, 3.8) is 0 Å².